The maximum Gasteiger partial charge on any atom is 0.141 e. The molecule has 3 heteroatoms. The molecule has 0 saturated heterocycles. The molecule has 0 N–H and O–H groups in total. The third-order valence-electron chi connectivity index (χ3n) is 4.86. The number of benzene rings is 3. The molecule has 0 aliphatic heterocycles. The number of rotatable bonds is 10. The summed E-state index contributed by atoms with van der Waals surface area (Å²) in [6, 6.07) is 20.2. The number of ether oxygens (including phenoxy) is 2. The van der Waals surface area contributed by atoms with Gasteiger partial charge in [-0.2, -0.15) is 0 Å². The van der Waals surface area contributed by atoms with Crippen molar-refractivity contribution in [1.82, 2.24) is 0 Å². The van der Waals surface area contributed by atoms with E-state index < -0.39 is 0 Å². The van der Waals surface area contributed by atoms with Gasteiger partial charge in [0.25, 0.3) is 0 Å². The summed E-state index contributed by atoms with van der Waals surface area (Å²) in [7, 11) is 0. The molecule has 2 nitrogen and oxygen atoms in total. The van der Waals surface area contributed by atoms with Gasteiger partial charge in [0.1, 0.15) is 24.7 Å². The minimum absolute atomic E-state index is 0.455. The van der Waals surface area contributed by atoms with Gasteiger partial charge in [-0.1, -0.05) is 78.4 Å². The second-order valence-corrected chi connectivity index (χ2v) is 7.58. The van der Waals surface area contributed by atoms with Crippen molar-refractivity contribution in [3.05, 3.63) is 119 Å². The Labute approximate surface area is 184 Å². The number of hydrogen-bond acceptors (Lipinski definition) is 2. The molecule has 0 amide bonds. The summed E-state index contributed by atoms with van der Waals surface area (Å²) in [4.78, 5) is 0. The van der Waals surface area contributed by atoms with Crippen LogP contribution in [0.5, 0.6) is 11.5 Å². The van der Waals surface area contributed by atoms with Gasteiger partial charge in [-0.15, -0.1) is 13.2 Å². The molecule has 0 aliphatic carbocycles. The molecule has 0 bridgehead atoms. The van der Waals surface area contributed by atoms with Crippen molar-refractivity contribution in [2.24, 2.45) is 0 Å². The zero-order valence-electron chi connectivity index (χ0n) is 17.4. The molecule has 3 rings (SSSR count). The summed E-state index contributed by atoms with van der Waals surface area (Å²) in [5.74, 6) is 1.67. The first-order chi connectivity index (χ1) is 14.6. The second kappa shape index (κ2) is 10.7. The van der Waals surface area contributed by atoms with Crippen molar-refractivity contribution in [3.63, 3.8) is 0 Å². The summed E-state index contributed by atoms with van der Waals surface area (Å²) in [5, 5.41) is 0.618. The summed E-state index contributed by atoms with van der Waals surface area (Å²) in [6.45, 7) is 10.7. The third kappa shape index (κ3) is 5.55. The third-order valence-corrected chi connectivity index (χ3v) is 5.16. The van der Waals surface area contributed by atoms with Crippen LogP contribution in [0.3, 0.4) is 0 Å². The van der Waals surface area contributed by atoms with Gasteiger partial charge in [0.2, 0.25) is 0 Å². The van der Waals surface area contributed by atoms with E-state index in [9.17, 15) is 0 Å². The number of aryl methyl sites for hydroxylation is 1. The van der Waals surface area contributed by atoms with Crippen LogP contribution in [-0.2, 0) is 26.1 Å². The van der Waals surface area contributed by atoms with Crippen molar-refractivity contribution < 1.29 is 9.47 Å². The molecule has 0 aliphatic rings. The molecule has 0 atom stereocenters. The van der Waals surface area contributed by atoms with E-state index in [1.54, 1.807) is 0 Å². The first kappa shape index (κ1) is 21.7. The van der Waals surface area contributed by atoms with Crippen LogP contribution < -0.4 is 9.47 Å². The van der Waals surface area contributed by atoms with Crippen LogP contribution in [0, 0.1) is 6.92 Å². The van der Waals surface area contributed by atoms with Crippen molar-refractivity contribution in [2.75, 3.05) is 0 Å². The summed E-state index contributed by atoms with van der Waals surface area (Å²) >= 11 is 6.32. The van der Waals surface area contributed by atoms with E-state index in [0.717, 1.165) is 52.2 Å². The molecule has 0 aromatic heterocycles. The molecule has 3 aromatic carbocycles. The second-order valence-electron chi connectivity index (χ2n) is 7.17. The highest BCUT2D eigenvalue weighted by Gasteiger charge is 2.09. The molecule has 3 aromatic rings. The minimum Gasteiger partial charge on any atom is -0.488 e. The smallest absolute Gasteiger partial charge is 0.141 e. The lowest BCUT2D eigenvalue weighted by Gasteiger charge is -2.14. The van der Waals surface area contributed by atoms with E-state index >= 15 is 0 Å². The van der Waals surface area contributed by atoms with E-state index in [1.807, 2.05) is 30.4 Å². The first-order valence-corrected chi connectivity index (χ1v) is 10.4. The highest BCUT2D eigenvalue weighted by Crippen LogP contribution is 2.30. The number of allylic oxidation sites excluding steroid dienone is 2. The molecular formula is C27H27ClO2. The van der Waals surface area contributed by atoms with Gasteiger partial charge in [0, 0.05) is 0 Å². The Balaban J connectivity index is 1.63. The highest BCUT2D eigenvalue weighted by molar-refractivity contribution is 6.32. The Morgan fingerprint density at radius 1 is 0.733 bits per heavy atom. The molecule has 0 spiro atoms. The maximum atomic E-state index is 6.32. The van der Waals surface area contributed by atoms with E-state index in [1.165, 1.54) is 0 Å². The number of hydrogen-bond donors (Lipinski definition) is 0. The number of para-hydroxylation sites is 2. The Hall–Kier alpha value is -2.97. The fourth-order valence-corrected chi connectivity index (χ4v) is 3.56. The average Bonchev–Trinajstić information content (AvgIpc) is 2.74. The topological polar surface area (TPSA) is 18.5 Å². The lowest BCUT2D eigenvalue weighted by atomic mass is 10.1. The van der Waals surface area contributed by atoms with E-state index in [2.05, 4.69) is 62.5 Å². The molecule has 0 heterocycles. The predicted octanol–water partition coefficient (Wildman–Crippen LogP) is 7.26. The van der Waals surface area contributed by atoms with Crippen molar-refractivity contribution in [2.45, 2.75) is 33.0 Å². The molecule has 0 radical (unpaired) electrons. The van der Waals surface area contributed by atoms with Gasteiger partial charge >= 0.3 is 0 Å². The normalized spacial score (nSPS) is 10.5. The fourth-order valence-electron chi connectivity index (χ4n) is 3.31. The summed E-state index contributed by atoms with van der Waals surface area (Å²) in [6.07, 6.45) is 5.26. The molecular weight excluding hydrogens is 392 g/mol. The van der Waals surface area contributed by atoms with E-state index in [4.69, 9.17) is 21.1 Å². The van der Waals surface area contributed by atoms with Gasteiger partial charge in [-0.3, -0.25) is 0 Å². The van der Waals surface area contributed by atoms with Crippen molar-refractivity contribution >= 4 is 11.6 Å². The van der Waals surface area contributed by atoms with Crippen LogP contribution in [0.15, 0.2) is 86.0 Å². The van der Waals surface area contributed by atoms with Crippen LogP contribution in [0.2, 0.25) is 5.02 Å². The van der Waals surface area contributed by atoms with Gasteiger partial charge in [0.15, 0.2) is 0 Å². The minimum atomic E-state index is 0.455. The summed E-state index contributed by atoms with van der Waals surface area (Å²) in [5.41, 5.74) is 5.51. The highest BCUT2D eigenvalue weighted by atomic mass is 35.5. The zero-order valence-corrected chi connectivity index (χ0v) is 18.1. The lowest BCUT2D eigenvalue weighted by Crippen LogP contribution is -2.02. The standard InChI is InChI=1S/C27H27ClO2/c1-4-8-23-11-6-10-20(3)26(23)29-18-21-14-16-22(17-15-21)19-30-27-24(9-5-2)12-7-13-25(27)28/h4-7,10-17H,1-2,8-9,18-19H2,3H3. The molecule has 0 saturated carbocycles. The maximum absolute atomic E-state index is 6.32. The molecule has 30 heavy (non-hydrogen) atoms. The predicted molar refractivity (Wildman–Crippen MR) is 126 cm³/mol. The van der Waals surface area contributed by atoms with Gasteiger partial charge in [-0.05, 0) is 53.6 Å². The summed E-state index contributed by atoms with van der Waals surface area (Å²) < 4.78 is 12.1. The Morgan fingerprint density at radius 3 is 1.80 bits per heavy atom. The lowest BCUT2D eigenvalue weighted by molar-refractivity contribution is 0.299. The van der Waals surface area contributed by atoms with Gasteiger partial charge in [0.05, 0.1) is 5.02 Å². The average molecular weight is 419 g/mol. The molecule has 0 fully saturated rings. The van der Waals surface area contributed by atoms with Crippen LogP contribution in [-0.4, -0.2) is 0 Å². The zero-order chi connectivity index (χ0) is 21.3. The first-order valence-electron chi connectivity index (χ1n) is 10.0. The SMILES string of the molecule is C=CCc1cccc(C)c1OCc1ccc(COc2c(Cl)cccc2CC=C)cc1. The fraction of sp³-hybridized carbons (Fsp3) is 0.185. The van der Waals surface area contributed by atoms with Crippen molar-refractivity contribution in [3.8, 4) is 11.5 Å². The van der Waals surface area contributed by atoms with Crippen LogP contribution >= 0.6 is 11.6 Å². The molecule has 154 valence electrons. The Morgan fingerprint density at radius 2 is 1.23 bits per heavy atom. The van der Waals surface area contributed by atoms with Crippen molar-refractivity contribution in [1.29, 1.82) is 0 Å². The van der Waals surface area contributed by atoms with Crippen LogP contribution in [0.25, 0.3) is 0 Å². The quantitative estimate of drug-likeness (QED) is 0.322. The monoisotopic (exact) mass is 418 g/mol. The van der Waals surface area contributed by atoms with Crippen LogP contribution in [0.1, 0.15) is 27.8 Å². The Kier molecular flexibility index (Phi) is 7.75. The largest absolute Gasteiger partial charge is 0.488 e. The number of halogens is 1. The van der Waals surface area contributed by atoms with E-state index in [0.29, 0.717) is 18.2 Å². The van der Waals surface area contributed by atoms with Crippen LogP contribution in [0.4, 0.5) is 0 Å². The van der Waals surface area contributed by atoms with E-state index in [-0.39, 0.29) is 0 Å². The Bertz CT molecular complexity index is 923. The molecule has 0 unspecified atom stereocenters. The van der Waals surface area contributed by atoms with Gasteiger partial charge in [-0.25, -0.2) is 0 Å². The van der Waals surface area contributed by atoms with Gasteiger partial charge < -0.3 is 9.47 Å².